The Labute approximate surface area is 186 Å². The first-order valence-electron chi connectivity index (χ1n) is 11.3. The Bertz CT molecular complexity index is 1120. The van der Waals surface area contributed by atoms with E-state index in [9.17, 15) is 0 Å². The largest absolute Gasteiger partial charge is 0.244 e. The summed E-state index contributed by atoms with van der Waals surface area (Å²) < 4.78 is 2.43. The summed E-state index contributed by atoms with van der Waals surface area (Å²) in [6.45, 7) is 11.0. The van der Waals surface area contributed by atoms with Crippen molar-refractivity contribution in [1.82, 2.24) is 0 Å². The smallest absolute Gasteiger partial charge is 0.229 e. The predicted octanol–water partition coefficient (Wildman–Crippen LogP) is 6.53. The number of aryl methyl sites for hydroxylation is 4. The van der Waals surface area contributed by atoms with Gasteiger partial charge in [0, 0.05) is 11.8 Å². The molecule has 31 heavy (non-hydrogen) atoms. The third kappa shape index (κ3) is 3.61. The van der Waals surface area contributed by atoms with E-state index in [0.29, 0.717) is 11.8 Å². The molecule has 0 radical (unpaired) electrons. The Balaban J connectivity index is 1.46. The van der Waals surface area contributed by atoms with Crippen LogP contribution in [-0.2, 0) is 0 Å². The Kier molecular flexibility index (Phi) is 5.02. The number of hydrogen-bond donors (Lipinski definition) is 0. The number of nitrogens with zero attached hydrogens (tertiary/aromatic N) is 2. The van der Waals surface area contributed by atoms with Crippen molar-refractivity contribution < 1.29 is 4.58 Å². The van der Waals surface area contributed by atoms with Crippen LogP contribution in [0.4, 0.5) is 11.4 Å². The molecule has 0 spiro atoms. The molecule has 0 saturated heterocycles. The molecular formula is C29H31N2+. The molecule has 0 N–H and O–H groups in total. The molecule has 0 fully saturated rings. The lowest BCUT2D eigenvalue weighted by Crippen LogP contribution is -2.20. The van der Waals surface area contributed by atoms with E-state index in [2.05, 4.69) is 116 Å². The minimum Gasteiger partial charge on any atom is -0.229 e. The van der Waals surface area contributed by atoms with Gasteiger partial charge in [0.25, 0.3) is 0 Å². The van der Waals surface area contributed by atoms with Crippen LogP contribution in [0.15, 0.2) is 72.9 Å². The maximum Gasteiger partial charge on any atom is 0.244 e. The van der Waals surface area contributed by atoms with Gasteiger partial charge in [0.1, 0.15) is 24.5 Å². The highest BCUT2D eigenvalue weighted by atomic mass is 15.3. The van der Waals surface area contributed by atoms with Gasteiger partial charge >= 0.3 is 0 Å². The van der Waals surface area contributed by atoms with Crippen LogP contribution in [0, 0.1) is 27.7 Å². The van der Waals surface area contributed by atoms with Gasteiger partial charge in [-0.25, -0.2) is 9.48 Å². The van der Waals surface area contributed by atoms with E-state index in [1.165, 1.54) is 44.8 Å². The summed E-state index contributed by atoms with van der Waals surface area (Å²) in [4.78, 5) is 2.43. The Morgan fingerprint density at radius 3 is 1.61 bits per heavy atom. The second-order valence-corrected chi connectivity index (χ2v) is 9.10. The first kappa shape index (κ1) is 19.8. The highest BCUT2D eigenvalue weighted by Gasteiger charge is 2.28. The molecule has 0 bridgehead atoms. The van der Waals surface area contributed by atoms with E-state index >= 15 is 0 Å². The zero-order valence-electron chi connectivity index (χ0n) is 19.0. The molecule has 2 heteroatoms. The first-order valence-corrected chi connectivity index (χ1v) is 11.3. The maximum absolute atomic E-state index is 2.43. The Hall–Kier alpha value is -3.13. The van der Waals surface area contributed by atoms with Crippen LogP contribution < -0.4 is 4.90 Å². The number of benzene rings is 2. The molecule has 0 atom stereocenters. The minimum absolute atomic E-state index is 0.416. The molecule has 156 valence electrons. The quantitative estimate of drug-likeness (QED) is 0.522. The molecule has 2 aliphatic carbocycles. The number of hydrogen-bond acceptors (Lipinski definition) is 1. The average Bonchev–Trinajstić information content (AvgIpc) is 3.49. The van der Waals surface area contributed by atoms with E-state index < -0.39 is 0 Å². The highest BCUT2D eigenvalue weighted by molar-refractivity contribution is 5.82. The predicted molar refractivity (Wildman–Crippen MR) is 132 cm³/mol. The van der Waals surface area contributed by atoms with Gasteiger partial charge in [-0.3, -0.25) is 0 Å². The van der Waals surface area contributed by atoms with Crippen molar-refractivity contribution in [1.29, 1.82) is 0 Å². The van der Waals surface area contributed by atoms with Gasteiger partial charge in [0.05, 0.1) is 0 Å². The van der Waals surface area contributed by atoms with Gasteiger partial charge in [0.2, 0.25) is 6.34 Å². The summed E-state index contributed by atoms with van der Waals surface area (Å²) in [7, 11) is 0. The Morgan fingerprint density at radius 2 is 1.13 bits per heavy atom. The number of anilines is 1. The molecule has 0 aromatic heterocycles. The summed E-state index contributed by atoms with van der Waals surface area (Å²) >= 11 is 0. The van der Waals surface area contributed by atoms with Gasteiger partial charge in [-0.2, -0.15) is 0 Å². The Morgan fingerprint density at radius 1 is 0.677 bits per heavy atom. The fourth-order valence-corrected chi connectivity index (χ4v) is 5.42. The van der Waals surface area contributed by atoms with E-state index in [1.807, 2.05) is 0 Å². The van der Waals surface area contributed by atoms with E-state index in [-0.39, 0.29) is 0 Å². The summed E-state index contributed by atoms with van der Waals surface area (Å²) in [6.07, 6.45) is 20.0. The standard InChI is InChI=1S/C29H31N2/c1-20-15-26(24-9-5-6-10-24)16-21(2)28(20)30-13-14-31(19-30)29-22(3)17-27(18-23(29)4)25-11-7-8-12-25/h5-12,15-19,24-25H,13-14H2,1-4H3/q+1. The van der Waals surface area contributed by atoms with Gasteiger partial charge in [-0.05, 0) is 61.1 Å². The monoisotopic (exact) mass is 407 g/mol. The van der Waals surface area contributed by atoms with Crippen LogP contribution in [0.2, 0.25) is 0 Å². The summed E-state index contributed by atoms with van der Waals surface area (Å²) in [5.41, 5.74) is 10.9. The van der Waals surface area contributed by atoms with Gasteiger partial charge in [-0.1, -0.05) is 72.9 Å². The topological polar surface area (TPSA) is 6.25 Å². The van der Waals surface area contributed by atoms with Crippen molar-refractivity contribution in [2.24, 2.45) is 0 Å². The van der Waals surface area contributed by atoms with Crippen molar-refractivity contribution in [3.8, 4) is 0 Å². The molecule has 0 unspecified atom stereocenters. The van der Waals surface area contributed by atoms with Crippen LogP contribution in [-0.4, -0.2) is 24.0 Å². The maximum atomic E-state index is 2.43. The number of rotatable bonds is 4. The van der Waals surface area contributed by atoms with Crippen LogP contribution in [0.5, 0.6) is 0 Å². The van der Waals surface area contributed by atoms with Crippen LogP contribution in [0.25, 0.3) is 0 Å². The minimum atomic E-state index is 0.416. The first-order chi connectivity index (χ1) is 15.0. The molecule has 2 aromatic carbocycles. The molecule has 2 aromatic rings. The van der Waals surface area contributed by atoms with Crippen LogP contribution in [0.1, 0.15) is 45.2 Å². The fraction of sp³-hybridized carbons (Fsp3) is 0.276. The van der Waals surface area contributed by atoms with Gasteiger partial charge < -0.3 is 0 Å². The zero-order valence-corrected chi connectivity index (χ0v) is 19.0. The van der Waals surface area contributed by atoms with Crippen LogP contribution in [0.3, 0.4) is 0 Å². The van der Waals surface area contributed by atoms with E-state index in [1.54, 1.807) is 0 Å². The molecule has 0 saturated carbocycles. The number of allylic oxidation sites excluding steroid dienone is 8. The third-order valence-corrected chi connectivity index (χ3v) is 6.73. The molecule has 1 heterocycles. The molecule has 2 nitrogen and oxygen atoms in total. The molecule has 5 rings (SSSR count). The van der Waals surface area contributed by atoms with Crippen LogP contribution >= 0.6 is 0 Å². The molecule has 1 aliphatic heterocycles. The fourth-order valence-electron chi connectivity index (χ4n) is 5.42. The lowest BCUT2D eigenvalue weighted by molar-refractivity contribution is -0.425. The van der Waals surface area contributed by atoms with E-state index in [4.69, 9.17) is 0 Å². The normalized spacial score (nSPS) is 18.1. The average molecular weight is 408 g/mol. The zero-order chi connectivity index (χ0) is 21.5. The lowest BCUT2D eigenvalue weighted by Gasteiger charge is -2.16. The summed E-state index contributed by atoms with van der Waals surface area (Å²) in [5, 5.41) is 0. The van der Waals surface area contributed by atoms with Crippen molar-refractivity contribution >= 4 is 17.7 Å². The summed E-state index contributed by atoms with van der Waals surface area (Å²) in [5.74, 6) is 0.831. The van der Waals surface area contributed by atoms with Gasteiger partial charge in [0.15, 0.2) is 0 Å². The van der Waals surface area contributed by atoms with Crippen molar-refractivity contribution in [3.05, 3.63) is 106 Å². The third-order valence-electron chi connectivity index (χ3n) is 6.73. The second-order valence-electron chi connectivity index (χ2n) is 9.10. The van der Waals surface area contributed by atoms with Crippen molar-refractivity contribution in [3.63, 3.8) is 0 Å². The second kappa shape index (κ2) is 7.85. The molecule has 3 aliphatic rings. The molecule has 0 amide bonds. The lowest BCUT2D eigenvalue weighted by atomic mass is 9.95. The SMILES string of the molecule is Cc1cc(C2C=CC=C2)cc(C)c1N1C=[N+](c2c(C)cc(C3C=CC=C3)cc2C)CC1. The van der Waals surface area contributed by atoms with Gasteiger partial charge in [-0.15, -0.1) is 0 Å². The summed E-state index contributed by atoms with van der Waals surface area (Å²) in [6, 6.07) is 9.43. The van der Waals surface area contributed by atoms with Crippen molar-refractivity contribution in [2.75, 3.05) is 18.0 Å². The van der Waals surface area contributed by atoms with E-state index in [0.717, 1.165) is 13.1 Å². The molecular weight excluding hydrogens is 376 g/mol. The highest BCUT2D eigenvalue weighted by Crippen LogP contribution is 2.34. The van der Waals surface area contributed by atoms with Crippen molar-refractivity contribution in [2.45, 2.75) is 39.5 Å².